The molecule has 0 saturated heterocycles. The van der Waals surface area contributed by atoms with Crippen molar-refractivity contribution in [1.29, 1.82) is 0 Å². The number of benzene rings is 2. The maximum atomic E-state index is 11.9. The van der Waals surface area contributed by atoms with Crippen LogP contribution in [0.1, 0.15) is 55.1 Å². The van der Waals surface area contributed by atoms with Crippen LogP contribution in [0.15, 0.2) is 54.7 Å². The number of hydrogen-bond acceptors (Lipinski definition) is 2. The first-order chi connectivity index (χ1) is 11.9. The topological polar surface area (TPSA) is 31.2 Å². The van der Waals surface area contributed by atoms with Crippen LogP contribution in [0, 0.1) is 0 Å². The molecule has 0 atom stereocenters. The molecule has 0 unspecified atom stereocenters. The molecular formula is C22H25NO2. The van der Waals surface area contributed by atoms with Crippen LogP contribution in [0.5, 0.6) is 0 Å². The van der Waals surface area contributed by atoms with Gasteiger partial charge in [0.05, 0.1) is 11.7 Å². The molecule has 2 aromatic carbocycles. The monoisotopic (exact) mass is 335 g/mol. The molecule has 1 aromatic heterocycles. The van der Waals surface area contributed by atoms with Crippen LogP contribution >= 0.6 is 0 Å². The highest BCUT2D eigenvalue weighted by atomic mass is 16.5. The number of esters is 1. The summed E-state index contributed by atoms with van der Waals surface area (Å²) in [6.45, 7) is 8.92. The quantitative estimate of drug-likeness (QED) is 0.586. The number of carbonyl (C=O) groups excluding carboxylic acids is 1. The van der Waals surface area contributed by atoms with Crippen LogP contribution < -0.4 is 0 Å². The van der Waals surface area contributed by atoms with Crippen molar-refractivity contribution >= 4 is 16.9 Å². The molecule has 25 heavy (non-hydrogen) atoms. The lowest BCUT2D eigenvalue weighted by molar-refractivity contribution is 0.0378. The zero-order chi connectivity index (χ0) is 18.0. The van der Waals surface area contributed by atoms with Gasteiger partial charge >= 0.3 is 5.97 Å². The fourth-order valence-electron chi connectivity index (χ4n) is 2.94. The summed E-state index contributed by atoms with van der Waals surface area (Å²) in [6, 6.07) is 16.5. The summed E-state index contributed by atoms with van der Waals surface area (Å²) in [7, 11) is 0. The normalized spacial score (nSPS) is 11.4. The van der Waals surface area contributed by atoms with E-state index in [1.54, 1.807) is 0 Å². The Hall–Kier alpha value is -2.55. The van der Waals surface area contributed by atoms with Crippen molar-refractivity contribution in [1.82, 2.24) is 4.57 Å². The van der Waals surface area contributed by atoms with Gasteiger partial charge < -0.3 is 9.30 Å². The molecule has 0 aliphatic rings. The fraction of sp³-hybridized carbons (Fsp3) is 0.318. The molecule has 0 aliphatic carbocycles. The van der Waals surface area contributed by atoms with E-state index in [-0.39, 0.29) is 12.1 Å². The van der Waals surface area contributed by atoms with Gasteiger partial charge in [0.25, 0.3) is 0 Å². The van der Waals surface area contributed by atoms with E-state index >= 15 is 0 Å². The molecule has 3 rings (SSSR count). The van der Waals surface area contributed by atoms with Gasteiger partial charge in [0.15, 0.2) is 0 Å². The van der Waals surface area contributed by atoms with E-state index in [2.05, 4.69) is 48.9 Å². The zero-order valence-corrected chi connectivity index (χ0v) is 15.3. The Kier molecular flexibility index (Phi) is 4.93. The van der Waals surface area contributed by atoms with Crippen LogP contribution in [0.2, 0.25) is 0 Å². The first kappa shape index (κ1) is 17.3. The summed E-state index contributed by atoms with van der Waals surface area (Å²) >= 11 is 0. The van der Waals surface area contributed by atoms with Crippen molar-refractivity contribution in [3.8, 4) is 0 Å². The van der Waals surface area contributed by atoms with Gasteiger partial charge in [0, 0.05) is 18.3 Å². The maximum Gasteiger partial charge on any atom is 0.338 e. The third-order valence-corrected chi connectivity index (χ3v) is 4.35. The molecule has 0 N–H and O–H groups in total. The minimum absolute atomic E-state index is 0.103. The highest BCUT2D eigenvalue weighted by molar-refractivity contribution is 5.89. The second-order valence-electron chi connectivity index (χ2n) is 7.07. The van der Waals surface area contributed by atoms with Crippen LogP contribution in [-0.4, -0.2) is 16.6 Å². The van der Waals surface area contributed by atoms with Crippen molar-refractivity contribution in [3.05, 3.63) is 71.4 Å². The van der Waals surface area contributed by atoms with E-state index in [4.69, 9.17) is 4.74 Å². The Morgan fingerprint density at radius 3 is 2.36 bits per heavy atom. The predicted molar refractivity (Wildman–Crippen MR) is 102 cm³/mol. The number of ether oxygens (including phenoxy) is 1. The Labute approximate surface area is 149 Å². The molecule has 3 nitrogen and oxygen atoms in total. The van der Waals surface area contributed by atoms with Crippen LogP contribution in [0.4, 0.5) is 0 Å². The standard InChI is InChI=1S/C22H25NO2/c1-15(2)19-9-10-21-20(13-19)11-12-23(21)14-17-5-7-18(8-6-17)22(24)25-16(3)4/h5-13,15-16H,14H2,1-4H3. The van der Waals surface area contributed by atoms with Gasteiger partial charge in [-0.2, -0.15) is 0 Å². The van der Waals surface area contributed by atoms with Gasteiger partial charge in [0.2, 0.25) is 0 Å². The Balaban J connectivity index is 1.78. The van der Waals surface area contributed by atoms with Crippen molar-refractivity contribution in [2.24, 2.45) is 0 Å². The molecule has 0 amide bonds. The van der Waals surface area contributed by atoms with E-state index < -0.39 is 0 Å². The predicted octanol–water partition coefficient (Wildman–Crippen LogP) is 5.38. The third kappa shape index (κ3) is 3.93. The fourth-order valence-corrected chi connectivity index (χ4v) is 2.94. The summed E-state index contributed by atoms with van der Waals surface area (Å²) < 4.78 is 7.46. The van der Waals surface area contributed by atoms with Crippen molar-refractivity contribution in [2.75, 3.05) is 0 Å². The van der Waals surface area contributed by atoms with Gasteiger partial charge in [-0.3, -0.25) is 0 Å². The van der Waals surface area contributed by atoms with Gasteiger partial charge in [-0.1, -0.05) is 32.0 Å². The highest BCUT2D eigenvalue weighted by Gasteiger charge is 2.09. The molecule has 0 radical (unpaired) electrons. The summed E-state index contributed by atoms with van der Waals surface area (Å²) in [5, 5.41) is 1.27. The molecule has 0 aliphatic heterocycles. The minimum Gasteiger partial charge on any atom is -0.459 e. The van der Waals surface area contributed by atoms with Gasteiger partial charge in [-0.25, -0.2) is 4.79 Å². The van der Waals surface area contributed by atoms with Gasteiger partial charge in [-0.05, 0) is 66.6 Å². The Morgan fingerprint density at radius 1 is 1.00 bits per heavy atom. The average Bonchev–Trinajstić information content (AvgIpc) is 2.97. The smallest absolute Gasteiger partial charge is 0.338 e. The number of fused-ring (bicyclic) bond motifs is 1. The lowest BCUT2D eigenvalue weighted by Gasteiger charge is -2.10. The van der Waals surface area contributed by atoms with Gasteiger partial charge in [0.1, 0.15) is 0 Å². The van der Waals surface area contributed by atoms with Gasteiger partial charge in [-0.15, -0.1) is 0 Å². The molecule has 0 bridgehead atoms. The lowest BCUT2D eigenvalue weighted by atomic mass is 10.0. The second kappa shape index (κ2) is 7.14. The number of carbonyl (C=O) groups is 1. The molecular weight excluding hydrogens is 310 g/mol. The van der Waals surface area contributed by atoms with E-state index in [1.165, 1.54) is 16.5 Å². The van der Waals surface area contributed by atoms with Crippen LogP contribution in [0.25, 0.3) is 10.9 Å². The van der Waals surface area contributed by atoms with Crippen molar-refractivity contribution < 1.29 is 9.53 Å². The van der Waals surface area contributed by atoms with Crippen LogP contribution in [0.3, 0.4) is 0 Å². The number of aromatic nitrogens is 1. The SMILES string of the molecule is CC(C)OC(=O)c1ccc(Cn2ccc3cc(C(C)C)ccc32)cc1. The minimum atomic E-state index is -0.269. The number of rotatable bonds is 5. The largest absolute Gasteiger partial charge is 0.459 e. The average molecular weight is 335 g/mol. The van der Waals surface area contributed by atoms with Crippen molar-refractivity contribution in [2.45, 2.75) is 46.3 Å². The van der Waals surface area contributed by atoms with E-state index in [1.807, 2.05) is 38.1 Å². The molecule has 3 aromatic rings. The summed E-state index contributed by atoms with van der Waals surface area (Å²) in [4.78, 5) is 11.9. The first-order valence-corrected chi connectivity index (χ1v) is 8.83. The third-order valence-electron chi connectivity index (χ3n) is 4.35. The van der Waals surface area contributed by atoms with Crippen molar-refractivity contribution in [3.63, 3.8) is 0 Å². The molecule has 3 heteroatoms. The number of hydrogen-bond donors (Lipinski definition) is 0. The van der Waals surface area contributed by atoms with Crippen LogP contribution in [-0.2, 0) is 11.3 Å². The summed E-state index contributed by atoms with van der Waals surface area (Å²) in [6.07, 6.45) is 2.02. The number of nitrogens with zero attached hydrogens (tertiary/aromatic N) is 1. The molecule has 0 saturated carbocycles. The maximum absolute atomic E-state index is 11.9. The highest BCUT2D eigenvalue weighted by Crippen LogP contribution is 2.23. The molecule has 0 fully saturated rings. The van der Waals surface area contributed by atoms with E-state index in [0.29, 0.717) is 11.5 Å². The first-order valence-electron chi connectivity index (χ1n) is 8.83. The molecule has 1 heterocycles. The second-order valence-corrected chi connectivity index (χ2v) is 7.07. The van der Waals surface area contributed by atoms with E-state index in [0.717, 1.165) is 12.1 Å². The summed E-state index contributed by atoms with van der Waals surface area (Å²) in [5.41, 5.74) is 4.34. The Morgan fingerprint density at radius 2 is 1.72 bits per heavy atom. The lowest BCUT2D eigenvalue weighted by Crippen LogP contribution is -2.11. The zero-order valence-electron chi connectivity index (χ0n) is 15.3. The Bertz CT molecular complexity index is 873. The molecule has 130 valence electrons. The summed E-state index contributed by atoms with van der Waals surface area (Å²) in [5.74, 6) is 0.264. The van der Waals surface area contributed by atoms with E-state index in [9.17, 15) is 4.79 Å². The molecule has 0 spiro atoms.